The summed E-state index contributed by atoms with van der Waals surface area (Å²) in [6.07, 6.45) is -0.553. The Labute approximate surface area is 268 Å². The van der Waals surface area contributed by atoms with Crippen LogP contribution in [-0.2, 0) is 46.5 Å². The number of esters is 1. The molecule has 2 aromatic carbocycles. The fourth-order valence-corrected chi connectivity index (χ4v) is 4.14. The van der Waals surface area contributed by atoms with Crippen LogP contribution in [0.2, 0.25) is 0 Å². The molecule has 0 bridgehead atoms. The van der Waals surface area contributed by atoms with Crippen molar-refractivity contribution in [1.29, 1.82) is 0 Å². The molecule has 2 aromatic rings. The van der Waals surface area contributed by atoms with Crippen molar-refractivity contribution >= 4 is 35.5 Å². The molecule has 14 heteroatoms. The van der Waals surface area contributed by atoms with Crippen molar-refractivity contribution < 1.29 is 38.6 Å². The molecule has 0 aliphatic heterocycles. The minimum atomic E-state index is -1.76. The SMILES string of the molecule is CC(C)[C@H](NC(=O)[C@H](CC(N)=O)NC(=O)[C@](C)(N)CO)C(=O)N[C@@H](Cc1ccccc1)C(=O)N[C@@H](C)C(=O)OCc1ccccc1. The number of aliphatic hydroxyl groups is 1. The number of primary amides is 1. The third-order valence-corrected chi connectivity index (χ3v) is 6.97. The van der Waals surface area contributed by atoms with Crippen LogP contribution in [-0.4, -0.2) is 76.9 Å². The Morgan fingerprint density at radius 2 is 1.33 bits per heavy atom. The van der Waals surface area contributed by atoms with E-state index in [1.54, 1.807) is 68.4 Å². The minimum Gasteiger partial charge on any atom is -0.459 e. The van der Waals surface area contributed by atoms with Crippen molar-refractivity contribution in [1.82, 2.24) is 21.3 Å². The quantitative estimate of drug-likeness (QED) is 0.107. The lowest BCUT2D eigenvalue weighted by Gasteiger charge is -2.29. The highest BCUT2D eigenvalue weighted by Crippen LogP contribution is 2.09. The third kappa shape index (κ3) is 11.9. The number of nitrogens with two attached hydrogens (primary N) is 2. The molecular weight excluding hydrogens is 596 g/mol. The van der Waals surface area contributed by atoms with Gasteiger partial charge in [0.15, 0.2) is 0 Å². The summed E-state index contributed by atoms with van der Waals surface area (Å²) in [7, 11) is 0. The standard InChI is InChI=1S/C32H44N6O8/c1-19(2)26(38-28(42)24(16-25(33)40)37-31(45)32(4,34)18-39)29(43)36-23(15-21-11-7-5-8-12-21)27(41)35-20(3)30(44)46-17-22-13-9-6-10-14-22/h5-14,19-20,23-24,26,39H,15-18,34H2,1-4H3,(H2,33,40)(H,35,41)(H,36,43)(H,37,45)(H,38,42)/t20-,23-,24-,26-,32+/m0/s1. The van der Waals surface area contributed by atoms with Gasteiger partial charge >= 0.3 is 5.97 Å². The molecule has 0 saturated carbocycles. The molecule has 5 atom stereocenters. The Morgan fingerprint density at radius 1 is 0.783 bits per heavy atom. The van der Waals surface area contributed by atoms with Gasteiger partial charge in [0.25, 0.3) is 0 Å². The van der Waals surface area contributed by atoms with Crippen LogP contribution in [0, 0.1) is 5.92 Å². The maximum absolute atomic E-state index is 13.5. The number of ether oxygens (including phenoxy) is 1. The van der Waals surface area contributed by atoms with Crippen LogP contribution in [0.3, 0.4) is 0 Å². The van der Waals surface area contributed by atoms with Crippen molar-refractivity contribution in [3.05, 3.63) is 71.8 Å². The second kappa shape index (κ2) is 17.6. The van der Waals surface area contributed by atoms with E-state index in [0.717, 1.165) is 5.56 Å². The zero-order valence-corrected chi connectivity index (χ0v) is 26.4. The largest absolute Gasteiger partial charge is 0.459 e. The van der Waals surface area contributed by atoms with Gasteiger partial charge in [-0.25, -0.2) is 4.79 Å². The van der Waals surface area contributed by atoms with E-state index in [1.807, 2.05) is 6.07 Å². The summed E-state index contributed by atoms with van der Waals surface area (Å²) in [6.45, 7) is 5.25. The average Bonchev–Trinajstić information content (AvgIpc) is 3.01. The molecule has 9 N–H and O–H groups in total. The van der Waals surface area contributed by atoms with Gasteiger partial charge in [-0.05, 0) is 30.9 Å². The monoisotopic (exact) mass is 640 g/mol. The van der Waals surface area contributed by atoms with E-state index >= 15 is 0 Å². The zero-order chi connectivity index (χ0) is 34.4. The fourth-order valence-electron chi connectivity index (χ4n) is 4.14. The van der Waals surface area contributed by atoms with E-state index < -0.39 is 84.2 Å². The van der Waals surface area contributed by atoms with Crippen LogP contribution in [0.5, 0.6) is 0 Å². The smallest absolute Gasteiger partial charge is 0.328 e. The number of hydrogen-bond acceptors (Lipinski definition) is 9. The van der Waals surface area contributed by atoms with Crippen LogP contribution < -0.4 is 32.7 Å². The first-order valence-corrected chi connectivity index (χ1v) is 14.8. The summed E-state index contributed by atoms with van der Waals surface area (Å²) < 4.78 is 5.32. The molecule has 0 aliphatic carbocycles. The van der Waals surface area contributed by atoms with Gasteiger partial charge in [-0.2, -0.15) is 0 Å². The van der Waals surface area contributed by atoms with Gasteiger partial charge in [0.1, 0.15) is 36.3 Å². The molecule has 250 valence electrons. The number of benzene rings is 2. The van der Waals surface area contributed by atoms with Crippen LogP contribution in [0.1, 0.15) is 45.2 Å². The first-order valence-electron chi connectivity index (χ1n) is 14.8. The van der Waals surface area contributed by atoms with Gasteiger partial charge in [-0.1, -0.05) is 74.5 Å². The van der Waals surface area contributed by atoms with Crippen molar-refractivity contribution in [2.45, 2.75) is 76.8 Å². The van der Waals surface area contributed by atoms with Crippen LogP contribution >= 0.6 is 0 Å². The van der Waals surface area contributed by atoms with Gasteiger partial charge < -0.3 is 42.6 Å². The van der Waals surface area contributed by atoms with E-state index in [-0.39, 0.29) is 13.0 Å². The highest BCUT2D eigenvalue weighted by atomic mass is 16.5. The predicted octanol–water partition coefficient (Wildman–Crippen LogP) is -0.827. The number of amides is 5. The van der Waals surface area contributed by atoms with Crippen molar-refractivity contribution in [2.24, 2.45) is 17.4 Å². The second-order valence-corrected chi connectivity index (χ2v) is 11.6. The van der Waals surface area contributed by atoms with E-state index in [4.69, 9.17) is 16.2 Å². The highest BCUT2D eigenvalue weighted by Gasteiger charge is 2.35. The topological polar surface area (TPSA) is 232 Å². The Balaban J connectivity index is 2.20. The Kier molecular flexibility index (Phi) is 14.3. The van der Waals surface area contributed by atoms with Gasteiger partial charge in [-0.15, -0.1) is 0 Å². The first kappa shape index (κ1) is 37.4. The highest BCUT2D eigenvalue weighted by molar-refractivity contribution is 5.97. The lowest BCUT2D eigenvalue weighted by atomic mass is 9.99. The maximum Gasteiger partial charge on any atom is 0.328 e. The van der Waals surface area contributed by atoms with Gasteiger partial charge in [-0.3, -0.25) is 24.0 Å². The third-order valence-electron chi connectivity index (χ3n) is 6.97. The molecule has 0 fully saturated rings. The Morgan fingerprint density at radius 3 is 1.85 bits per heavy atom. The predicted molar refractivity (Wildman–Crippen MR) is 168 cm³/mol. The number of hydrogen-bond donors (Lipinski definition) is 7. The summed E-state index contributed by atoms with van der Waals surface area (Å²) >= 11 is 0. The molecule has 0 spiro atoms. The number of carbonyl (C=O) groups excluding carboxylic acids is 6. The molecule has 14 nitrogen and oxygen atoms in total. The Hall–Kier alpha value is -4.82. The van der Waals surface area contributed by atoms with E-state index in [1.165, 1.54) is 13.8 Å². The first-order chi connectivity index (χ1) is 21.6. The van der Waals surface area contributed by atoms with Crippen molar-refractivity contribution in [3.63, 3.8) is 0 Å². The lowest BCUT2D eigenvalue weighted by molar-refractivity contribution is -0.148. The molecule has 2 rings (SSSR count). The van der Waals surface area contributed by atoms with E-state index in [2.05, 4.69) is 21.3 Å². The average molecular weight is 641 g/mol. The molecule has 46 heavy (non-hydrogen) atoms. The molecule has 0 heterocycles. The van der Waals surface area contributed by atoms with Crippen LogP contribution in [0.25, 0.3) is 0 Å². The van der Waals surface area contributed by atoms with Crippen LogP contribution in [0.4, 0.5) is 0 Å². The fraction of sp³-hybridized carbons (Fsp3) is 0.438. The zero-order valence-electron chi connectivity index (χ0n) is 26.4. The van der Waals surface area contributed by atoms with Gasteiger partial charge in [0.2, 0.25) is 29.5 Å². The molecule has 0 aromatic heterocycles. The molecule has 0 radical (unpaired) electrons. The van der Waals surface area contributed by atoms with E-state index in [0.29, 0.717) is 5.56 Å². The number of rotatable bonds is 17. The van der Waals surface area contributed by atoms with Crippen molar-refractivity contribution in [3.8, 4) is 0 Å². The number of aliphatic hydroxyl groups excluding tert-OH is 1. The summed E-state index contributed by atoms with van der Waals surface area (Å²) in [5, 5.41) is 19.4. The van der Waals surface area contributed by atoms with Crippen LogP contribution in [0.15, 0.2) is 60.7 Å². The lowest BCUT2D eigenvalue weighted by Crippen LogP contribution is -2.62. The Bertz CT molecular complexity index is 1350. The molecule has 0 aliphatic rings. The normalized spacial score (nSPS) is 14.8. The van der Waals surface area contributed by atoms with Gasteiger partial charge in [0.05, 0.1) is 13.0 Å². The minimum absolute atomic E-state index is 0.0154. The number of carbonyl (C=O) groups is 6. The molecule has 0 saturated heterocycles. The summed E-state index contributed by atoms with van der Waals surface area (Å²) in [5.41, 5.74) is 10.7. The van der Waals surface area contributed by atoms with Gasteiger partial charge in [0, 0.05) is 6.42 Å². The molecular formula is C32H44N6O8. The summed E-state index contributed by atoms with van der Waals surface area (Å²) in [5.74, 6) is -5.33. The summed E-state index contributed by atoms with van der Waals surface area (Å²) in [6, 6.07) is 12.9. The maximum atomic E-state index is 13.5. The number of nitrogens with one attached hydrogen (secondary N) is 4. The second-order valence-electron chi connectivity index (χ2n) is 11.6. The molecule has 5 amide bonds. The van der Waals surface area contributed by atoms with Crippen molar-refractivity contribution in [2.75, 3.05) is 6.61 Å². The van der Waals surface area contributed by atoms with E-state index in [9.17, 15) is 33.9 Å². The molecule has 0 unspecified atom stereocenters. The summed E-state index contributed by atoms with van der Waals surface area (Å²) in [4.78, 5) is 76.9.